The molecule has 2 aromatic carbocycles. The fourth-order valence-electron chi connectivity index (χ4n) is 3.85. The van der Waals surface area contributed by atoms with Gasteiger partial charge >= 0.3 is 6.03 Å². The first-order valence-corrected chi connectivity index (χ1v) is 9.18. The van der Waals surface area contributed by atoms with Crippen molar-refractivity contribution in [3.05, 3.63) is 59.7 Å². The molecule has 0 radical (unpaired) electrons. The van der Waals surface area contributed by atoms with Crippen LogP contribution in [0.2, 0.25) is 0 Å². The van der Waals surface area contributed by atoms with Crippen LogP contribution in [-0.2, 0) is 4.79 Å². The lowest BCUT2D eigenvalue weighted by Crippen LogP contribution is -2.44. The molecule has 0 unspecified atom stereocenters. The monoisotopic (exact) mass is 383 g/mol. The van der Waals surface area contributed by atoms with Gasteiger partial charge in [0.05, 0.1) is 14.2 Å². The highest BCUT2D eigenvalue weighted by atomic mass is 16.5. The molecule has 0 spiro atoms. The second kappa shape index (κ2) is 8.75. The SMILES string of the molecule is COc1ccc(OC)c([C@H]2CCCN2[C@H](C(=O)NC(N)=O)c2ccccc2)c1. The highest BCUT2D eigenvalue weighted by Gasteiger charge is 2.38. The van der Waals surface area contributed by atoms with Gasteiger partial charge in [0.15, 0.2) is 0 Å². The fourth-order valence-corrected chi connectivity index (χ4v) is 3.85. The van der Waals surface area contributed by atoms with Crippen LogP contribution in [0.25, 0.3) is 0 Å². The number of primary amides is 1. The highest BCUT2D eigenvalue weighted by Crippen LogP contribution is 2.43. The van der Waals surface area contributed by atoms with Crippen LogP contribution in [0.1, 0.15) is 36.1 Å². The van der Waals surface area contributed by atoms with E-state index < -0.39 is 18.0 Å². The number of carbonyl (C=O) groups excluding carboxylic acids is 2. The van der Waals surface area contributed by atoms with Gasteiger partial charge in [0, 0.05) is 11.6 Å². The van der Waals surface area contributed by atoms with Crippen LogP contribution in [0.4, 0.5) is 4.79 Å². The number of nitrogens with one attached hydrogen (secondary N) is 1. The molecule has 2 aromatic rings. The average Bonchev–Trinajstić information content (AvgIpc) is 3.17. The normalized spacial score (nSPS) is 17.7. The molecular formula is C21H25N3O4. The Morgan fingerprint density at radius 2 is 1.89 bits per heavy atom. The average molecular weight is 383 g/mol. The van der Waals surface area contributed by atoms with E-state index in [1.165, 1.54) is 0 Å². The van der Waals surface area contributed by atoms with E-state index in [-0.39, 0.29) is 6.04 Å². The summed E-state index contributed by atoms with van der Waals surface area (Å²) in [6, 6.07) is 13.5. The van der Waals surface area contributed by atoms with E-state index in [0.29, 0.717) is 6.54 Å². The molecule has 3 amide bonds. The Kier molecular flexibility index (Phi) is 6.16. The zero-order valence-corrected chi connectivity index (χ0v) is 16.1. The van der Waals surface area contributed by atoms with Crippen molar-refractivity contribution < 1.29 is 19.1 Å². The van der Waals surface area contributed by atoms with Crippen LogP contribution in [-0.4, -0.2) is 37.6 Å². The van der Waals surface area contributed by atoms with Gasteiger partial charge in [-0.25, -0.2) is 4.79 Å². The summed E-state index contributed by atoms with van der Waals surface area (Å²) in [5.74, 6) is 1.02. The number of ether oxygens (including phenoxy) is 2. The molecule has 0 saturated carbocycles. The van der Waals surface area contributed by atoms with Gasteiger partial charge in [0.2, 0.25) is 5.91 Å². The Labute approximate surface area is 164 Å². The highest BCUT2D eigenvalue weighted by molar-refractivity contribution is 5.96. The Bertz CT molecular complexity index is 841. The standard InChI is InChI=1S/C21H25N3O4/c1-27-15-10-11-18(28-2)16(13-15)17-9-6-12-24(17)19(20(25)23-21(22)26)14-7-4-3-5-8-14/h3-5,7-8,10-11,13,17,19H,6,9,12H2,1-2H3,(H3,22,23,25,26)/t17-,19+/m1/s1. The van der Waals surface area contributed by atoms with Crippen LogP contribution >= 0.6 is 0 Å². The predicted molar refractivity (Wildman–Crippen MR) is 105 cm³/mol. The topological polar surface area (TPSA) is 93.9 Å². The summed E-state index contributed by atoms with van der Waals surface area (Å²) in [7, 11) is 3.24. The zero-order valence-electron chi connectivity index (χ0n) is 16.1. The summed E-state index contributed by atoms with van der Waals surface area (Å²) < 4.78 is 10.9. The van der Waals surface area contributed by atoms with Gasteiger partial charge in [-0.15, -0.1) is 0 Å². The van der Waals surface area contributed by atoms with Gasteiger partial charge in [-0.2, -0.15) is 0 Å². The molecule has 7 nitrogen and oxygen atoms in total. The summed E-state index contributed by atoms with van der Waals surface area (Å²) in [6.07, 6.45) is 1.77. The van der Waals surface area contributed by atoms with E-state index in [1.807, 2.05) is 48.5 Å². The zero-order chi connectivity index (χ0) is 20.1. The molecule has 0 aliphatic carbocycles. The van der Waals surface area contributed by atoms with Crippen molar-refractivity contribution in [3.63, 3.8) is 0 Å². The summed E-state index contributed by atoms with van der Waals surface area (Å²) in [5.41, 5.74) is 6.96. The third-order valence-electron chi connectivity index (χ3n) is 5.03. The van der Waals surface area contributed by atoms with Crippen molar-refractivity contribution in [3.8, 4) is 11.5 Å². The number of carbonyl (C=O) groups is 2. The van der Waals surface area contributed by atoms with Crippen molar-refractivity contribution >= 4 is 11.9 Å². The van der Waals surface area contributed by atoms with Crippen LogP contribution in [0.5, 0.6) is 11.5 Å². The summed E-state index contributed by atoms with van der Waals surface area (Å²) in [4.78, 5) is 26.3. The largest absolute Gasteiger partial charge is 0.497 e. The van der Waals surface area contributed by atoms with E-state index in [0.717, 1.165) is 35.5 Å². The lowest BCUT2D eigenvalue weighted by atomic mass is 9.98. The van der Waals surface area contributed by atoms with Gasteiger partial charge in [-0.3, -0.25) is 15.0 Å². The Morgan fingerprint density at radius 3 is 2.54 bits per heavy atom. The van der Waals surface area contributed by atoms with E-state index in [1.54, 1.807) is 14.2 Å². The smallest absolute Gasteiger partial charge is 0.318 e. The van der Waals surface area contributed by atoms with Crippen molar-refractivity contribution in [1.29, 1.82) is 0 Å². The van der Waals surface area contributed by atoms with Gasteiger partial charge in [-0.1, -0.05) is 30.3 Å². The van der Waals surface area contributed by atoms with Crippen LogP contribution in [0, 0.1) is 0 Å². The molecule has 3 N–H and O–H groups in total. The first kappa shape index (κ1) is 19.7. The van der Waals surface area contributed by atoms with E-state index >= 15 is 0 Å². The summed E-state index contributed by atoms with van der Waals surface area (Å²) in [6.45, 7) is 0.705. The van der Waals surface area contributed by atoms with Crippen LogP contribution < -0.4 is 20.5 Å². The van der Waals surface area contributed by atoms with Crippen LogP contribution in [0.15, 0.2) is 48.5 Å². The molecular weight excluding hydrogens is 358 g/mol. The van der Waals surface area contributed by atoms with Crippen molar-refractivity contribution in [2.75, 3.05) is 20.8 Å². The lowest BCUT2D eigenvalue weighted by Gasteiger charge is -2.33. The third-order valence-corrected chi connectivity index (χ3v) is 5.03. The fraction of sp³-hybridized carbons (Fsp3) is 0.333. The number of nitrogens with two attached hydrogens (primary N) is 1. The lowest BCUT2D eigenvalue weighted by molar-refractivity contribution is -0.126. The number of methoxy groups -OCH3 is 2. The number of imide groups is 1. The van der Waals surface area contributed by atoms with Gasteiger partial charge in [-0.05, 0) is 43.1 Å². The summed E-state index contributed by atoms with van der Waals surface area (Å²) in [5, 5.41) is 2.24. The van der Waals surface area contributed by atoms with E-state index in [9.17, 15) is 9.59 Å². The number of hydrogen-bond acceptors (Lipinski definition) is 5. The molecule has 0 aromatic heterocycles. The Morgan fingerprint density at radius 1 is 1.14 bits per heavy atom. The number of benzene rings is 2. The first-order chi connectivity index (χ1) is 13.5. The number of nitrogens with zero attached hydrogens (tertiary/aromatic N) is 1. The Balaban J connectivity index is 2.02. The maximum atomic E-state index is 12.9. The molecule has 1 saturated heterocycles. The molecule has 1 aliphatic heterocycles. The number of hydrogen-bond donors (Lipinski definition) is 2. The van der Waals surface area contributed by atoms with Crippen molar-refractivity contribution in [2.24, 2.45) is 5.73 Å². The van der Waals surface area contributed by atoms with Gasteiger partial charge in [0.1, 0.15) is 17.5 Å². The molecule has 0 bridgehead atoms. The maximum Gasteiger partial charge on any atom is 0.318 e. The molecule has 1 heterocycles. The van der Waals surface area contributed by atoms with Gasteiger partial charge < -0.3 is 15.2 Å². The second-order valence-corrected chi connectivity index (χ2v) is 6.67. The maximum absolute atomic E-state index is 12.9. The van der Waals surface area contributed by atoms with E-state index in [2.05, 4.69) is 10.2 Å². The minimum Gasteiger partial charge on any atom is -0.497 e. The molecule has 3 rings (SSSR count). The van der Waals surface area contributed by atoms with Crippen molar-refractivity contribution in [1.82, 2.24) is 10.2 Å². The molecule has 1 fully saturated rings. The molecule has 1 aliphatic rings. The first-order valence-electron chi connectivity index (χ1n) is 9.18. The third kappa shape index (κ3) is 4.09. The molecule has 7 heteroatoms. The number of amides is 3. The van der Waals surface area contributed by atoms with E-state index in [4.69, 9.17) is 15.2 Å². The minimum absolute atomic E-state index is 0.0612. The second-order valence-electron chi connectivity index (χ2n) is 6.67. The summed E-state index contributed by atoms with van der Waals surface area (Å²) >= 11 is 0. The Hall–Kier alpha value is -3.06. The van der Waals surface area contributed by atoms with Crippen LogP contribution in [0.3, 0.4) is 0 Å². The van der Waals surface area contributed by atoms with Gasteiger partial charge in [0.25, 0.3) is 0 Å². The predicted octanol–water partition coefficient (Wildman–Crippen LogP) is 2.78. The molecule has 148 valence electrons. The quantitative estimate of drug-likeness (QED) is 0.800. The number of likely N-dealkylation sites (tertiary alicyclic amines) is 1. The minimum atomic E-state index is -0.861. The number of urea groups is 1. The number of rotatable bonds is 6. The van der Waals surface area contributed by atoms with Crippen molar-refractivity contribution in [2.45, 2.75) is 24.9 Å². The molecule has 2 atom stereocenters. The molecule has 28 heavy (non-hydrogen) atoms.